The fourth-order valence-electron chi connectivity index (χ4n) is 3.79. The van der Waals surface area contributed by atoms with Gasteiger partial charge in [0.15, 0.2) is 0 Å². The number of carbonyl (C=O) groups excluding carboxylic acids is 1. The Morgan fingerprint density at radius 3 is 2.68 bits per heavy atom. The van der Waals surface area contributed by atoms with Crippen LogP contribution in [0.3, 0.4) is 0 Å². The van der Waals surface area contributed by atoms with Gasteiger partial charge in [0.1, 0.15) is 11.9 Å². The second kappa shape index (κ2) is 8.00. The highest BCUT2D eigenvalue weighted by atomic mass is 19.1. The van der Waals surface area contributed by atoms with Crippen molar-refractivity contribution in [2.24, 2.45) is 0 Å². The molecule has 0 radical (unpaired) electrons. The molecule has 1 atom stereocenters. The summed E-state index contributed by atoms with van der Waals surface area (Å²) in [6, 6.07) is 9.32. The lowest BCUT2D eigenvalue weighted by molar-refractivity contribution is -0.121. The van der Waals surface area contributed by atoms with E-state index in [4.69, 9.17) is 5.26 Å². The summed E-state index contributed by atoms with van der Waals surface area (Å²) in [5.74, 6) is -0.948. The first-order valence-electron chi connectivity index (χ1n) is 9.85. The van der Waals surface area contributed by atoms with Crippen LogP contribution in [0.1, 0.15) is 59.7 Å². The van der Waals surface area contributed by atoms with Crippen molar-refractivity contribution in [2.75, 3.05) is 0 Å². The fraction of sp³-hybridized carbons (Fsp3) is 0.261. The Balaban J connectivity index is 1.64. The van der Waals surface area contributed by atoms with Gasteiger partial charge in [-0.3, -0.25) is 14.6 Å². The van der Waals surface area contributed by atoms with Crippen molar-refractivity contribution in [1.29, 1.82) is 10.5 Å². The highest BCUT2D eigenvalue weighted by molar-refractivity contribution is 5.87. The number of nitrogens with zero attached hydrogens (tertiary/aromatic N) is 3. The molecule has 1 aliphatic rings. The van der Waals surface area contributed by atoms with Crippen LogP contribution in [0.5, 0.6) is 0 Å². The first-order valence-corrected chi connectivity index (χ1v) is 9.85. The van der Waals surface area contributed by atoms with Crippen molar-refractivity contribution in [3.63, 3.8) is 0 Å². The van der Waals surface area contributed by atoms with Crippen LogP contribution in [-0.2, 0) is 11.2 Å². The molecule has 1 aromatic carbocycles. The van der Waals surface area contributed by atoms with E-state index >= 15 is 0 Å². The number of carbonyl (C=O) groups is 1. The van der Waals surface area contributed by atoms with Crippen molar-refractivity contribution in [3.8, 4) is 12.1 Å². The normalized spacial score (nSPS) is 13.9. The number of nitriles is 2. The maximum Gasteiger partial charge on any atom is 0.252 e. The lowest BCUT2D eigenvalue weighted by Gasteiger charge is -2.16. The number of hydrogen-bond acceptors (Lipinski definition) is 5. The monoisotopic (exact) mass is 415 g/mol. The Labute approximate surface area is 177 Å². The van der Waals surface area contributed by atoms with Crippen LogP contribution in [0.4, 0.5) is 4.39 Å². The molecule has 4 rings (SSSR count). The van der Waals surface area contributed by atoms with Crippen molar-refractivity contribution in [1.82, 2.24) is 15.3 Å². The summed E-state index contributed by atoms with van der Waals surface area (Å²) in [5.41, 5.74) is 2.04. The molecule has 154 valence electrons. The van der Waals surface area contributed by atoms with E-state index < -0.39 is 17.8 Å². The molecular formula is C23H18FN5O2. The highest BCUT2D eigenvalue weighted by Crippen LogP contribution is 2.44. The Kier molecular flexibility index (Phi) is 5.22. The number of amides is 1. The lowest BCUT2D eigenvalue weighted by Crippen LogP contribution is -2.31. The standard InChI is InChI=1S/C23H18FN5O2/c1-12(22-18(24)7-14(10-26)11-27-22)28-20(30)8-17-21(15-3-4-15)16-6-13(9-25)2-5-19(16)29-23(17)31/h2,5-7,11-12,15H,3-4,8H2,1H3,(H,28,30)(H,29,31). The molecule has 3 aromatic rings. The average molecular weight is 415 g/mol. The van der Waals surface area contributed by atoms with E-state index in [2.05, 4.69) is 21.4 Å². The molecule has 0 bridgehead atoms. The predicted molar refractivity (Wildman–Crippen MR) is 110 cm³/mol. The number of benzene rings is 1. The van der Waals surface area contributed by atoms with E-state index in [1.165, 1.54) is 6.20 Å². The molecule has 2 aromatic heterocycles. The fourth-order valence-corrected chi connectivity index (χ4v) is 3.79. The third kappa shape index (κ3) is 4.01. The summed E-state index contributed by atoms with van der Waals surface area (Å²) in [5, 5.41) is 21.5. The molecule has 0 spiro atoms. The summed E-state index contributed by atoms with van der Waals surface area (Å²) in [7, 11) is 0. The van der Waals surface area contributed by atoms with E-state index in [1.807, 2.05) is 6.07 Å². The first-order chi connectivity index (χ1) is 14.9. The summed E-state index contributed by atoms with van der Waals surface area (Å²) >= 11 is 0. The summed E-state index contributed by atoms with van der Waals surface area (Å²) in [6.45, 7) is 1.58. The minimum absolute atomic E-state index is 0.0147. The van der Waals surface area contributed by atoms with Gasteiger partial charge in [0.25, 0.3) is 5.56 Å². The third-order valence-electron chi connectivity index (χ3n) is 5.40. The van der Waals surface area contributed by atoms with Gasteiger partial charge in [-0.2, -0.15) is 10.5 Å². The summed E-state index contributed by atoms with van der Waals surface area (Å²) in [6.07, 6.45) is 2.91. The van der Waals surface area contributed by atoms with Crippen LogP contribution in [0, 0.1) is 28.5 Å². The van der Waals surface area contributed by atoms with Crippen LogP contribution in [0.2, 0.25) is 0 Å². The molecule has 2 heterocycles. The van der Waals surface area contributed by atoms with Crippen LogP contribution in [-0.4, -0.2) is 15.9 Å². The zero-order valence-corrected chi connectivity index (χ0v) is 16.7. The van der Waals surface area contributed by atoms with Gasteiger partial charge >= 0.3 is 0 Å². The molecule has 1 saturated carbocycles. The van der Waals surface area contributed by atoms with Crippen molar-refractivity contribution in [3.05, 3.63) is 74.6 Å². The molecule has 1 aliphatic carbocycles. The van der Waals surface area contributed by atoms with Gasteiger partial charge in [-0.15, -0.1) is 0 Å². The van der Waals surface area contributed by atoms with Gasteiger partial charge in [-0.25, -0.2) is 4.39 Å². The molecule has 0 aliphatic heterocycles. The van der Waals surface area contributed by atoms with E-state index in [9.17, 15) is 19.2 Å². The number of aromatic amines is 1. The Morgan fingerprint density at radius 2 is 2.03 bits per heavy atom. The number of hydrogen-bond donors (Lipinski definition) is 2. The Hall–Kier alpha value is -4.04. The summed E-state index contributed by atoms with van der Waals surface area (Å²) < 4.78 is 14.2. The van der Waals surface area contributed by atoms with Crippen LogP contribution >= 0.6 is 0 Å². The van der Waals surface area contributed by atoms with Crippen molar-refractivity contribution >= 4 is 16.8 Å². The number of H-pyrrole nitrogens is 1. The maximum absolute atomic E-state index is 14.2. The van der Waals surface area contributed by atoms with Crippen LogP contribution in [0.25, 0.3) is 10.9 Å². The second-order valence-corrected chi connectivity index (χ2v) is 7.66. The van der Waals surface area contributed by atoms with E-state index in [0.717, 1.165) is 29.9 Å². The van der Waals surface area contributed by atoms with Gasteiger partial charge in [-0.05, 0) is 55.5 Å². The van der Waals surface area contributed by atoms with Crippen molar-refractivity contribution < 1.29 is 9.18 Å². The minimum atomic E-state index is -0.741. The van der Waals surface area contributed by atoms with Crippen LogP contribution in [0.15, 0.2) is 35.3 Å². The van der Waals surface area contributed by atoms with E-state index in [-0.39, 0.29) is 29.2 Å². The van der Waals surface area contributed by atoms with E-state index in [1.54, 1.807) is 25.1 Å². The Morgan fingerprint density at radius 1 is 1.29 bits per heavy atom. The second-order valence-electron chi connectivity index (χ2n) is 7.66. The van der Waals surface area contributed by atoms with Gasteiger partial charge < -0.3 is 10.3 Å². The molecule has 7 nitrogen and oxygen atoms in total. The molecule has 1 unspecified atom stereocenters. The van der Waals surface area contributed by atoms with Gasteiger partial charge in [0.05, 0.1) is 35.4 Å². The number of halogens is 1. The molecule has 0 saturated heterocycles. The number of aromatic nitrogens is 2. The summed E-state index contributed by atoms with van der Waals surface area (Å²) in [4.78, 5) is 32.2. The topological polar surface area (TPSA) is 122 Å². The zero-order chi connectivity index (χ0) is 22.1. The van der Waals surface area contributed by atoms with Crippen molar-refractivity contribution in [2.45, 2.75) is 38.1 Å². The molecule has 2 N–H and O–H groups in total. The molecular weight excluding hydrogens is 397 g/mol. The predicted octanol–water partition coefficient (Wildman–Crippen LogP) is 3.10. The van der Waals surface area contributed by atoms with Gasteiger partial charge in [0.2, 0.25) is 5.91 Å². The minimum Gasteiger partial charge on any atom is -0.348 e. The van der Waals surface area contributed by atoms with Crippen LogP contribution < -0.4 is 10.9 Å². The quantitative estimate of drug-likeness (QED) is 0.663. The van der Waals surface area contributed by atoms with E-state index in [0.29, 0.717) is 16.6 Å². The maximum atomic E-state index is 14.2. The molecule has 1 fully saturated rings. The first kappa shape index (κ1) is 20.2. The highest BCUT2D eigenvalue weighted by Gasteiger charge is 2.30. The zero-order valence-electron chi connectivity index (χ0n) is 16.7. The van der Waals surface area contributed by atoms with Gasteiger partial charge in [-0.1, -0.05) is 0 Å². The number of rotatable bonds is 5. The molecule has 8 heteroatoms. The third-order valence-corrected chi connectivity index (χ3v) is 5.40. The molecule has 1 amide bonds. The number of pyridine rings is 2. The Bertz CT molecular complexity index is 1350. The smallest absolute Gasteiger partial charge is 0.252 e. The lowest BCUT2D eigenvalue weighted by atomic mass is 9.96. The SMILES string of the molecule is CC(NC(=O)Cc1c(C2CC2)c2cc(C#N)ccc2[nH]c1=O)c1ncc(C#N)cc1F. The average Bonchev–Trinajstić information content (AvgIpc) is 3.58. The molecule has 31 heavy (non-hydrogen) atoms. The largest absolute Gasteiger partial charge is 0.348 e. The number of fused-ring (bicyclic) bond motifs is 1. The van der Waals surface area contributed by atoms with Gasteiger partial charge in [0, 0.05) is 22.7 Å². The number of nitrogens with one attached hydrogen (secondary N) is 2.